The Morgan fingerprint density at radius 3 is 2.27 bits per heavy atom. The number of hydrogen-bond acceptors (Lipinski definition) is 3. The molecule has 26 heavy (non-hydrogen) atoms. The molecule has 2 aliphatic rings. The highest BCUT2D eigenvalue weighted by Crippen LogP contribution is 2.24. The summed E-state index contributed by atoms with van der Waals surface area (Å²) in [6.07, 6.45) is 9.73. The lowest BCUT2D eigenvalue weighted by Crippen LogP contribution is -2.47. The van der Waals surface area contributed by atoms with Crippen LogP contribution in [0.4, 0.5) is 0 Å². The van der Waals surface area contributed by atoms with E-state index in [-0.39, 0.29) is 24.4 Å². The molecule has 144 valence electrons. The van der Waals surface area contributed by atoms with E-state index in [2.05, 4.69) is 5.32 Å². The number of sulfonamides is 1. The molecule has 0 radical (unpaired) electrons. The quantitative estimate of drug-likeness (QED) is 0.874. The molecule has 5 nitrogen and oxygen atoms in total. The third-order valence-corrected chi connectivity index (χ3v) is 7.47. The Morgan fingerprint density at radius 2 is 1.58 bits per heavy atom. The Kier molecular flexibility index (Phi) is 6.70. The summed E-state index contributed by atoms with van der Waals surface area (Å²) in [7, 11) is -3.52. The minimum absolute atomic E-state index is 0.0311. The lowest BCUT2D eigenvalue weighted by atomic mass is 9.94. The van der Waals surface area contributed by atoms with Crippen molar-refractivity contribution in [2.45, 2.75) is 68.7 Å². The number of rotatable bonds is 4. The molecule has 0 aromatic heterocycles. The lowest BCUT2D eigenvalue weighted by molar-refractivity contribution is -0.126. The van der Waals surface area contributed by atoms with Crippen LogP contribution in [-0.4, -0.2) is 37.8 Å². The summed E-state index contributed by atoms with van der Waals surface area (Å²) in [6, 6.07) is 8.76. The first-order valence-electron chi connectivity index (χ1n) is 9.93. The van der Waals surface area contributed by atoms with E-state index in [4.69, 9.17) is 0 Å². The largest absolute Gasteiger partial charge is 0.353 e. The Morgan fingerprint density at radius 1 is 0.923 bits per heavy atom. The van der Waals surface area contributed by atoms with Gasteiger partial charge in [-0.05, 0) is 37.8 Å². The fraction of sp³-hybridized carbons (Fsp3) is 0.650. The molecule has 1 amide bonds. The van der Waals surface area contributed by atoms with E-state index in [9.17, 15) is 13.2 Å². The second-order valence-electron chi connectivity index (χ2n) is 7.57. The second kappa shape index (κ2) is 9.00. The topological polar surface area (TPSA) is 66.5 Å². The highest BCUT2D eigenvalue weighted by molar-refractivity contribution is 7.89. The molecule has 1 N–H and O–H groups in total. The van der Waals surface area contributed by atoms with Crippen LogP contribution in [-0.2, 0) is 14.8 Å². The van der Waals surface area contributed by atoms with Crippen LogP contribution in [0, 0.1) is 5.92 Å². The predicted molar refractivity (Wildman–Crippen MR) is 102 cm³/mol. The summed E-state index contributed by atoms with van der Waals surface area (Å²) < 4.78 is 27.1. The molecule has 2 fully saturated rings. The number of nitrogens with one attached hydrogen (secondary N) is 1. The van der Waals surface area contributed by atoms with Crippen molar-refractivity contribution in [3.05, 3.63) is 30.3 Å². The Bertz CT molecular complexity index is 682. The third kappa shape index (κ3) is 4.86. The standard InChI is InChI=1S/C20H30N2O3S/c23-20(21-18-11-5-2-1-3-6-12-18)17-10-9-15-22(16-17)26(24,25)19-13-7-4-8-14-19/h4,7-8,13-14,17-18H,1-3,5-6,9-12,15-16H2,(H,21,23)/t17-/m0/s1. The van der Waals surface area contributed by atoms with Crippen LogP contribution < -0.4 is 5.32 Å². The van der Waals surface area contributed by atoms with Crippen LogP contribution >= 0.6 is 0 Å². The molecule has 1 saturated heterocycles. The number of benzene rings is 1. The highest BCUT2D eigenvalue weighted by Gasteiger charge is 2.33. The summed E-state index contributed by atoms with van der Waals surface area (Å²) in [6.45, 7) is 0.778. The van der Waals surface area contributed by atoms with Crippen LogP contribution in [0.5, 0.6) is 0 Å². The van der Waals surface area contributed by atoms with Gasteiger partial charge in [-0.15, -0.1) is 0 Å². The van der Waals surface area contributed by atoms with Gasteiger partial charge in [0, 0.05) is 19.1 Å². The van der Waals surface area contributed by atoms with Crippen LogP contribution in [0.15, 0.2) is 35.2 Å². The first-order chi connectivity index (χ1) is 12.6. The van der Waals surface area contributed by atoms with Gasteiger partial charge in [-0.25, -0.2) is 8.42 Å². The molecule has 1 aliphatic carbocycles. The molecule has 1 aromatic rings. The first-order valence-corrected chi connectivity index (χ1v) is 11.4. The Balaban J connectivity index is 1.61. The van der Waals surface area contributed by atoms with Crippen molar-refractivity contribution in [3.63, 3.8) is 0 Å². The fourth-order valence-corrected chi connectivity index (χ4v) is 5.58. The SMILES string of the molecule is O=C(NC1CCCCCCC1)[C@H]1CCCN(S(=O)(=O)c2ccccc2)C1. The molecule has 1 saturated carbocycles. The summed E-state index contributed by atoms with van der Waals surface area (Å²) in [4.78, 5) is 13.0. The maximum Gasteiger partial charge on any atom is 0.243 e. The molecule has 1 heterocycles. The monoisotopic (exact) mass is 378 g/mol. The molecule has 6 heteroatoms. The number of hydrogen-bond donors (Lipinski definition) is 1. The van der Waals surface area contributed by atoms with Crippen LogP contribution in [0.1, 0.15) is 57.8 Å². The zero-order chi connectivity index (χ0) is 18.4. The van der Waals surface area contributed by atoms with Crippen molar-refractivity contribution in [1.82, 2.24) is 9.62 Å². The molecule has 3 rings (SSSR count). The number of carbonyl (C=O) groups is 1. The van der Waals surface area contributed by atoms with Gasteiger partial charge in [-0.2, -0.15) is 4.31 Å². The maximum atomic E-state index is 12.8. The summed E-state index contributed by atoms with van der Waals surface area (Å²) in [5, 5.41) is 3.21. The zero-order valence-corrected chi connectivity index (χ0v) is 16.2. The number of amides is 1. The van der Waals surface area contributed by atoms with E-state index >= 15 is 0 Å². The molecule has 1 aromatic carbocycles. The fourth-order valence-electron chi connectivity index (χ4n) is 4.04. The second-order valence-corrected chi connectivity index (χ2v) is 9.50. The molecular formula is C20H30N2O3S. The average Bonchev–Trinajstić information content (AvgIpc) is 2.64. The maximum absolute atomic E-state index is 12.8. The molecule has 0 bridgehead atoms. The first kappa shape index (κ1) is 19.4. The van der Waals surface area contributed by atoms with Gasteiger partial charge >= 0.3 is 0 Å². The summed E-state index contributed by atoms with van der Waals surface area (Å²) >= 11 is 0. The van der Waals surface area contributed by atoms with E-state index in [1.165, 1.54) is 36.4 Å². The highest BCUT2D eigenvalue weighted by atomic mass is 32.2. The zero-order valence-electron chi connectivity index (χ0n) is 15.4. The van der Waals surface area contributed by atoms with Gasteiger partial charge in [0.2, 0.25) is 15.9 Å². The average molecular weight is 379 g/mol. The van der Waals surface area contributed by atoms with Crippen molar-refractivity contribution in [1.29, 1.82) is 0 Å². The smallest absolute Gasteiger partial charge is 0.243 e. The van der Waals surface area contributed by atoms with Gasteiger partial charge in [0.25, 0.3) is 0 Å². The molecular weight excluding hydrogens is 348 g/mol. The van der Waals surface area contributed by atoms with Gasteiger partial charge < -0.3 is 5.32 Å². The van der Waals surface area contributed by atoms with Gasteiger partial charge in [0.05, 0.1) is 10.8 Å². The number of nitrogens with zero attached hydrogens (tertiary/aromatic N) is 1. The normalized spacial score (nSPS) is 23.8. The summed E-state index contributed by atoms with van der Waals surface area (Å²) in [5.41, 5.74) is 0. The molecule has 1 atom stereocenters. The van der Waals surface area contributed by atoms with Crippen LogP contribution in [0.3, 0.4) is 0 Å². The van der Waals surface area contributed by atoms with Gasteiger partial charge in [-0.1, -0.05) is 50.3 Å². The van der Waals surface area contributed by atoms with E-state index in [0.29, 0.717) is 11.4 Å². The molecule has 0 unspecified atom stereocenters. The van der Waals surface area contributed by atoms with Crippen LogP contribution in [0.25, 0.3) is 0 Å². The summed E-state index contributed by atoms with van der Waals surface area (Å²) in [5.74, 6) is -0.212. The van der Waals surface area contributed by atoms with Crippen molar-refractivity contribution in [2.75, 3.05) is 13.1 Å². The minimum Gasteiger partial charge on any atom is -0.353 e. The van der Waals surface area contributed by atoms with Crippen molar-refractivity contribution in [2.24, 2.45) is 5.92 Å². The minimum atomic E-state index is -3.52. The lowest BCUT2D eigenvalue weighted by Gasteiger charge is -2.32. The van der Waals surface area contributed by atoms with E-state index < -0.39 is 10.0 Å². The third-order valence-electron chi connectivity index (χ3n) is 5.59. The Labute approximate surface area is 157 Å². The predicted octanol–water partition coefficient (Wildman–Crippen LogP) is 3.32. The Hall–Kier alpha value is -1.40. The van der Waals surface area contributed by atoms with Crippen LogP contribution in [0.2, 0.25) is 0 Å². The molecule has 0 spiro atoms. The number of piperidine rings is 1. The van der Waals surface area contributed by atoms with Gasteiger partial charge in [0.15, 0.2) is 0 Å². The van der Waals surface area contributed by atoms with Gasteiger partial charge in [-0.3, -0.25) is 4.79 Å². The molecule has 1 aliphatic heterocycles. The van der Waals surface area contributed by atoms with E-state index in [1.807, 2.05) is 0 Å². The van der Waals surface area contributed by atoms with E-state index in [0.717, 1.165) is 25.7 Å². The van der Waals surface area contributed by atoms with E-state index in [1.54, 1.807) is 30.3 Å². The van der Waals surface area contributed by atoms with Crippen molar-refractivity contribution >= 4 is 15.9 Å². The van der Waals surface area contributed by atoms with Gasteiger partial charge in [0.1, 0.15) is 0 Å². The van der Waals surface area contributed by atoms with Crippen molar-refractivity contribution in [3.8, 4) is 0 Å². The number of carbonyl (C=O) groups excluding carboxylic acids is 1. The van der Waals surface area contributed by atoms with Crippen molar-refractivity contribution < 1.29 is 13.2 Å².